The third-order valence-electron chi connectivity index (χ3n) is 2.82. The number of nitrogens with one attached hydrogen (secondary N) is 1. The largest absolute Gasteiger partial charge is 0.490 e. The number of nitrogens with zero attached hydrogens (tertiary/aromatic N) is 1. The Hall–Kier alpha value is -1.85. The van der Waals surface area contributed by atoms with Crippen LogP contribution in [0.5, 0.6) is 5.75 Å². The van der Waals surface area contributed by atoms with Crippen molar-refractivity contribution in [2.45, 2.75) is 32.7 Å². The van der Waals surface area contributed by atoms with Crippen LogP contribution in [-0.2, 0) is 0 Å². The summed E-state index contributed by atoms with van der Waals surface area (Å²) < 4.78 is 18.7. The van der Waals surface area contributed by atoms with Gasteiger partial charge in [0.15, 0.2) is 11.6 Å². The van der Waals surface area contributed by atoms with Crippen LogP contribution in [0.25, 0.3) is 0 Å². The molecule has 0 amide bonds. The van der Waals surface area contributed by atoms with Gasteiger partial charge in [-0.3, -0.25) is 10.1 Å². The highest BCUT2D eigenvalue weighted by Gasteiger charge is 2.22. The third-order valence-corrected chi connectivity index (χ3v) is 2.82. The number of anilines is 1. The predicted octanol–water partition coefficient (Wildman–Crippen LogP) is 3.34. The first-order valence-corrected chi connectivity index (χ1v) is 5.61. The molecule has 0 bridgehead atoms. The number of rotatable bonds is 5. The summed E-state index contributed by atoms with van der Waals surface area (Å²) in [5.41, 5.74) is -0.485. The molecule has 0 aromatic heterocycles. The highest BCUT2D eigenvalue weighted by atomic mass is 19.1. The van der Waals surface area contributed by atoms with Crippen LogP contribution in [0.15, 0.2) is 12.1 Å². The summed E-state index contributed by atoms with van der Waals surface area (Å²) in [5.74, 6) is -0.625. The van der Waals surface area contributed by atoms with Crippen LogP contribution in [-0.4, -0.2) is 17.6 Å². The predicted molar refractivity (Wildman–Crippen MR) is 67.6 cm³/mol. The van der Waals surface area contributed by atoms with Crippen molar-refractivity contribution in [2.24, 2.45) is 0 Å². The van der Waals surface area contributed by atoms with E-state index in [1.54, 1.807) is 0 Å². The van der Waals surface area contributed by atoms with Crippen LogP contribution in [0.4, 0.5) is 15.8 Å². The minimum atomic E-state index is -0.670. The average molecular weight is 256 g/mol. The summed E-state index contributed by atoms with van der Waals surface area (Å²) >= 11 is 0. The second-order valence-electron chi connectivity index (χ2n) is 4.62. The van der Waals surface area contributed by atoms with E-state index >= 15 is 0 Å². The molecule has 100 valence electrons. The van der Waals surface area contributed by atoms with E-state index in [4.69, 9.17) is 4.74 Å². The van der Waals surface area contributed by atoms with Crippen LogP contribution in [0, 0.1) is 15.9 Å². The molecule has 1 aromatic rings. The molecule has 5 nitrogen and oxygen atoms in total. The van der Waals surface area contributed by atoms with E-state index in [9.17, 15) is 14.5 Å². The topological polar surface area (TPSA) is 64.4 Å². The number of nitro groups is 1. The van der Waals surface area contributed by atoms with Crippen molar-refractivity contribution in [2.75, 3.05) is 12.4 Å². The molecule has 1 N–H and O–H groups in total. The molecule has 0 saturated heterocycles. The van der Waals surface area contributed by atoms with Crippen molar-refractivity contribution in [3.05, 3.63) is 28.1 Å². The lowest BCUT2D eigenvalue weighted by molar-refractivity contribution is -0.385. The Morgan fingerprint density at radius 1 is 1.50 bits per heavy atom. The van der Waals surface area contributed by atoms with Gasteiger partial charge in [-0.25, -0.2) is 4.39 Å². The van der Waals surface area contributed by atoms with Crippen molar-refractivity contribution in [3.63, 3.8) is 0 Å². The number of methoxy groups -OCH3 is 1. The van der Waals surface area contributed by atoms with E-state index in [0.29, 0.717) is 0 Å². The molecule has 0 atom stereocenters. The molecule has 0 aliphatic heterocycles. The standard InChI is InChI=1S/C12H17FN2O3/c1-5-12(2,3)14-9-7-11(18-4)10(15(16)17)6-8(9)13/h6-7,14H,5H2,1-4H3. The minimum absolute atomic E-state index is 0.0378. The molecule has 18 heavy (non-hydrogen) atoms. The van der Waals surface area contributed by atoms with Gasteiger partial charge in [0.2, 0.25) is 0 Å². The summed E-state index contributed by atoms with van der Waals surface area (Å²) in [6, 6.07) is 2.18. The second-order valence-corrected chi connectivity index (χ2v) is 4.62. The van der Waals surface area contributed by atoms with Crippen molar-refractivity contribution in [3.8, 4) is 5.75 Å². The maximum Gasteiger partial charge on any atom is 0.313 e. The Labute approximate surface area is 105 Å². The lowest BCUT2D eigenvalue weighted by Crippen LogP contribution is -2.30. The monoisotopic (exact) mass is 256 g/mol. The molecular weight excluding hydrogens is 239 g/mol. The van der Waals surface area contributed by atoms with Gasteiger partial charge in [-0.2, -0.15) is 0 Å². The fourth-order valence-electron chi connectivity index (χ4n) is 1.40. The zero-order chi connectivity index (χ0) is 13.9. The van der Waals surface area contributed by atoms with Crippen molar-refractivity contribution in [1.82, 2.24) is 0 Å². The maximum absolute atomic E-state index is 13.8. The summed E-state index contributed by atoms with van der Waals surface area (Å²) in [4.78, 5) is 10.1. The van der Waals surface area contributed by atoms with E-state index in [-0.39, 0.29) is 22.7 Å². The van der Waals surface area contributed by atoms with Gasteiger partial charge in [-0.15, -0.1) is 0 Å². The number of hydrogen-bond acceptors (Lipinski definition) is 4. The Bertz CT molecular complexity index is 461. The van der Waals surface area contributed by atoms with Crippen molar-refractivity contribution >= 4 is 11.4 Å². The van der Waals surface area contributed by atoms with Gasteiger partial charge in [-0.05, 0) is 20.3 Å². The first-order valence-electron chi connectivity index (χ1n) is 5.61. The summed E-state index contributed by atoms with van der Waals surface area (Å²) in [6.07, 6.45) is 0.783. The molecule has 0 unspecified atom stereocenters. The molecule has 0 spiro atoms. The summed E-state index contributed by atoms with van der Waals surface area (Å²) in [5, 5.41) is 13.7. The van der Waals surface area contributed by atoms with Crippen LogP contribution in [0.1, 0.15) is 27.2 Å². The van der Waals surface area contributed by atoms with E-state index in [1.807, 2.05) is 20.8 Å². The zero-order valence-electron chi connectivity index (χ0n) is 10.9. The number of nitro benzene ring substituents is 1. The normalized spacial score (nSPS) is 11.2. The SMILES string of the molecule is CCC(C)(C)Nc1cc(OC)c([N+](=O)[O-])cc1F. The molecule has 0 heterocycles. The Morgan fingerprint density at radius 3 is 2.56 bits per heavy atom. The van der Waals surface area contributed by atoms with Crippen molar-refractivity contribution < 1.29 is 14.1 Å². The lowest BCUT2D eigenvalue weighted by Gasteiger charge is -2.26. The second kappa shape index (κ2) is 5.20. The molecule has 0 saturated carbocycles. The van der Waals surface area contributed by atoms with Gasteiger partial charge in [0.1, 0.15) is 0 Å². The highest BCUT2D eigenvalue weighted by molar-refractivity contribution is 5.59. The molecule has 0 aliphatic carbocycles. The molecule has 1 aromatic carbocycles. The smallest absolute Gasteiger partial charge is 0.313 e. The number of benzene rings is 1. The van der Waals surface area contributed by atoms with E-state index in [1.165, 1.54) is 13.2 Å². The molecule has 0 radical (unpaired) electrons. The average Bonchev–Trinajstić information content (AvgIpc) is 2.30. The maximum atomic E-state index is 13.8. The fraction of sp³-hybridized carbons (Fsp3) is 0.500. The van der Waals surface area contributed by atoms with E-state index < -0.39 is 10.7 Å². The minimum Gasteiger partial charge on any atom is -0.490 e. The van der Waals surface area contributed by atoms with E-state index in [2.05, 4.69) is 5.32 Å². The lowest BCUT2D eigenvalue weighted by atomic mass is 10.0. The molecular formula is C12H17FN2O3. The van der Waals surface area contributed by atoms with Gasteiger partial charge in [0.05, 0.1) is 23.8 Å². The van der Waals surface area contributed by atoms with E-state index in [0.717, 1.165) is 12.5 Å². The van der Waals surface area contributed by atoms with Gasteiger partial charge in [0.25, 0.3) is 0 Å². The van der Waals surface area contributed by atoms with Crippen molar-refractivity contribution in [1.29, 1.82) is 0 Å². The van der Waals surface area contributed by atoms with Crippen LogP contribution in [0.3, 0.4) is 0 Å². The summed E-state index contributed by atoms with van der Waals surface area (Å²) in [7, 11) is 1.31. The van der Waals surface area contributed by atoms with Crippen LogP contribution < -0.4 is 10.1 Å². The van der Waals surface area contributed by atoms with Crippen LogP contribution >= 0.6 is 0 Å². The third kappa shape index (κ3) is 3.09. The molecule has 0 aliphatic rings. The molecule has 6 heteroatoms. The highest BCUT2D eigenvalue weighted by Crippen LogP contribution is 2.33. The van der Waals surface area contributed by atoms with Gasteiger partial charge in [0, 0.05) is 11.6 Å². The first-order chi connectivity index (χ1) is 8.30. The van der Waals surface area contributed by atoms with Crippen LogP contribution in [0.2, 0.25) is 0 Å². The quantitative estimate of drug-likeness (QED) is 0.648. The van der Waals surface area contributed by atoms with Gasteiger partial charge >= 0.3 is 5.69 Å². The first kappa shape index (κ1) is 14.2. The number of ether oxygens (including phenoxy) is 1. The Morgan fingerprint density at radius 2 is 2.11 bits per heavy atom. The molecule has 1 rings (SSSR count). The Balaban J connectivity index is 3.19. The number of hydrogen-bond donors (Lipinski definition) is 1. The zero-order valence-corrected chi connectivity index (χ0v) is 10.9. The number of halogens is 1. The van der Waals surface area contributed by atoms with Gasteiger partial charge < -0.3 is 10.1 Å². The van der Waals surface area contributed by atoms with Gasteiger partial charge in [-0.1, -0.05) is 6.92 Å². The summed E-state index contributed by atoms with van der Waals surface area (Å²) in [6.45, 7) is 5.80. The Kier molecular flexibility index (Phi) is 4.11. The fourth-order valence-corrected chi connectivity index (χ4v) is 1.40. The molecule has 0 fully saturated rings.